The minimum absolute atomic E-state index is 0.00409. The van der Waals surface area contributed by atoms with E-state index in [0.29, 0.717) is 25.2 Å². The SMILES string of the molecule is CC(=O)OC1[C@@H](CCOCc2ccccc2)[C@@H](COC(=O)c2ccccc2)O[C@H]1n1cnc2c(=O)[nH]c(NC(=O)C(C)C)nc21. The maximum Gasteiger partial charge on any atom is 0.338 e. The van der Waals surface area contributed by atoms with Gasteiger partial charge in [0.2, 0.25) is 11.9 Å². The number of nitrogens with zero attached hydrogens (tertiary/aromatic N) is 3. The van der Waals surface area contributed by atoms with Crippen molar-refractivity contribution in [2.24, 2.45) is 11.8 Å². The van der Waals surface area contributed by atoms with E-state index in [0.717, 1.165) is 5.56 Å². The van der Waals surface area contributed by atoms with Crippen LogP contribution in [0.25, 0.3) is 11.2 Å². The van der Waals surface area contributed by atoms with Crippen LogP contribution in [-0.4, -0.2) is 62.8 Å². The summed E-state index contributed by atoms with van der Waals surface area (Å²) in [6.07, 6.45) is -0.821. The Hall–Kier alpha value is -4.88. The summed E-state index contributed by atoms with van der Waals surface area (Å²) in [6, 6.07) is 18.3. The van der Waals surface area contributed by atoms with Gasteiger partial charge in [0, 0.05) is 25.4 Å². The number of imidazole rings is 1. The molecule has 13 heteroatoms. The van der Waals surface area contributed by atoms with E-state index in [1.807, 2.05) is 30.3 Å². The molecule has 5 rings (SSSR count). The highest BCUT2D eigenvalue weighted by molar-refractivity contribution is 5.91. The summed E-state index contributed by atoms with van der Waals surface area (Å²) >= 11 is 0. The second-order valence-electron chi connectivity index (χ2n) is 11.0. The van der Waals surface area contributed by atoms with E-state index in [2.05, 4.69) is 20.3 Å². The number of hydrogen-bond donors (Lipinski definition) is 2. The van der Waals surface area contributed by atoms with Crippen molar-refractivity contribution >= 4 is 35.0 Å². The largest absolute Gasteiger partial charge is 0.459 e. The van der Waals surface area contributed by atoms with Gasteiger partial charge in [-0.25, -0.2) is 9.78 Å². The summed E-state index contributed by atoms with van der Waals surface area (Å²) in [5.41, 5.74) is 0.931. The highest BCUT2D eigenvalue weighted by atomic mass is 16.6. The van der Waals surface area contributed by atoms with Crippen molar-refractivity contribution in [3.8, 4) is 0 Å². The molecule has 1 fully saturated rings. The lowest BCUT2D eigenvalue weighted by Gasteiger charge is -2.24. The zero-order chi connectivity index (χ0) is 31.9. The van der Waals surface area contributed by atoms with Crippen LogP contribution in [0.4, 0.5) is 5.95 Å². The van der Waals surface area contributed by atoms with Gasteiger partial charge in [0.25, 0.3) is 5.56 Å². The van der Waals surface area contributed by atoms with Gasteiger partial charge in [-0.2, -0.15) is 4.98 Å². The number of ether oxygens (including phenoxy) is 4. The number of rotatable bonds is 12. The Morgan fingerprint density at radius 1 is 1.07 bits per heavy atom. The van der Waals surface area contributed by atoms with Gasteiger partial charge < -0.3 is 18.9 Å². The van der Waals surface area contributed by atoms with Gasteiger partial charge in [0.05, 0.1) is 18.5 Å². The number of amides is 1. The average molecular weight is 618 g/mol. The highest BCUT2D eigenvalue weighted by Crippen LogP contribution is 2.39. The van der Waals surface area contributed by atoms with E-state index in [1.165, 1.54) is 17.8 Å². The molecule has 236 valence electrons. The molecule has 1 amide bonds. The first-order valence-electron chi connectivity index (χ1n) is 14.7. The fourth-order valence-electron chi connectivity index (χ4n) is 5.09. The second-order valence-corrected chi connectivity index (χ2v) is 11.0. The molecular formula is C32H35N5O8. The molecule has 0 spiro atoms. The fourth-order valence-corrected chi connectivity index (χ4v) is 5.09. The summed E-state index contributed by atoms with van der Waals surface area (Å²) in [5.74, 6) is -2.31. The summed E-state index contributed by atoms with van der Waals surface area (Å²) in [5, 5.41) is 2.59. The quantitative estimate of drug-likeness (QED) is 0.177. The zero-order valence-corrected chi connectivity index (χ0v) is 25.2. The van der Waals surface area contributed by atoms with Crippen molar-refractivity contribution in [1.29, 1.82) is 0 Å². The molecule has 2 aromatic heterocycles. The van der Waals surface area contributed by atoms with Gasteiger partial charge in [-0.15, -0.1) is 0 Å². The van der Waals surface area contributed by atoms with Crippen LogP contribution in [0.3, 0.4) is 0 Å². The Kier molecular flexibility index (Phi) is 10.0. The van der Waals surface area contributed by atoms with Crippen molar-refractivity contribution in [2.45, 2.75) is 52.2 Å². The number of hydrogen-bond acceptors (Lipinski definition) is 10. The molecule has 0 radical (unpaired) electrons. The van der Waals surface area contributed by atoms with Gasteiger partial charge in [-0.3, -0.25) is 29.3 Å². The molecule has 1 aliphatic heterocycles. The Morgan fingerprint density at radius 3 is 2.47 bits per heavy atom. The molecular weight excluding hydrogens is 582 g/mol. The second kappa shape index (κ2) is 14.3. The molecule has 0 bridgehead atoms. The third-order valence-electron chi connectivity index (χ3n) is 7.36. The summed E-state index contributed by atoms with van der Waals surface area (Å²) in [4.78, 5) is 61.5. The first-order chi connectivity index (χ1) is 21.7. The van der Waals surface area contributed by atoms with Crippen molar-refractivity contribution in [3.05, 3.63) is 88.5 Å². The smallest absolute Gasteiger partial charge is 0.338 e. The number of nitrogens with one attached hydrogen (secondary N) is 2. The minimum atomic E-state index is -0.985. The number of benzene rings is 2. The van der Waals surface area contributed by atoms with Crippen molar-refractivity contribution in [2.75, 3.05) is 18.5 Å². The Labute approximate surface area is 258 Å². The summed E-state index contributed by atoms with van der Waals surface area (Å²) < 4.78 is 25.3. The molecule has 45 heavy (non-hydrogen) atoms. The maximum atomic E-state index is 12.8. The van der Waals surface area contributed by atoms with E-state index in [9.17, 15) is 19.2 Å². The lowest BCUT2D eigenvalue weighted by molar-refractivity contribution is -0.154. The first-order valence-corrected chi connectivity index (χ1v) is 14.7. The fraction of sp³-hybridized carbons (Fsp3) is 0.375. The lowest BCUT2D eigenvalue weighted by Crippen LogP contribution is -2.34. The molecule has 1 unspecified atom stereocenters. The molecule has 4 aromatic rings. The summed E-state index contributed by atoms with van der Waals surface area (Å²) in [7, 11) is 0. The Bertz CT molecular complexity index is 1690. The van der Waals surface area contributed by atoms with Crippen LogP contribution >= 0.6 is 0 Å². The van der Waals surface area contributed by atoms with E-state index in [-0.39, 0.29) is 35.5 Å². The molecule has 4 atom stereocenters. The van der Waals surface area contributed by atoms with Crippen LogP contribution in [-0.2, 0) is 35.1 Å². The van der Waals surface area contributed by atoms with Gasteiger partial charge >= 0.3 is 11.9 Å². The monoisotopic (exact) mass is 617 g/mol. The predicted molar refractivity (Wildman–Crippen MR) is 162 cm³/mol. The Balaban J connectivity index is 1.43. The van der Waals surface area contributed by atoms with Gasteiger partial charge in [0.15, 0.2) is 23.5 Å². The van der Waals surface area contributed by atoms with E-state index in [4.69, 9.17) is 18.9 Å². The number of aromatic nitrogens is 4. The van der Waals surface area contributed by atoms with E-state index >= 15 is 0 Å². The van der Waals surface area contributed by atoms with E-state index in [1.54, 1.807) is 44.2 Å². The normalized spacial score (nSPS) is 19.5. The average Bonchev–Trinajstić information content (AvgIpc) is 3.60. The third kappa shape index (κ3) is 7.62. The van der Waals surface area contributed by atoms with Gasteiger partial charge in [-0.05, 0) is 24.1 Å². The van der Waals surface area contributed by atoms with Crippen molar-refractivity contribution in [1.82, 2.24) is 19.5 Å². The van der Waals surface area contributed by atoms with Crippen LogP contribution in [0, 0.1) is 11.8 Å². The molecule has 2 aromatic carbocycles. The minimum Gasteiger partial charge on any atom is -0.459 e. The molecule has 13 nitrogen and oxygen atoms in total. The molecule has 1 saturated heterocycles. The van der Waals surface area contributed by atoms with Gasteiger partial charge in [-0.1, -0.05) is 62.4 Å². The molecule has 3 heterocycles. The highest BCUT2D eigenvalue weighted by Gasteiger charge is 2.48. The van der Waals surface area contributed by atoms with Crippen LogP contribution < -0.4 is 10.9 Å². The molecule has 0 aliphatic carbocycles. The Morgan fingerprint density at radius 2 is 1.78 bits per heavy atom. The molecule has 2 N–H and O–H groups in total. The zero-order valence-electron chi connectivity index (χ0n) is 25.2. The molecule has 0 saturated carbocycles. The van der Waals surface area contributed by atoms with Gasteiger partial charge in [0.1, 0.15) is 12.7 Å². The maximum absolute atomic E-state index is 12.8. The predicted octanol–water partition coefficient (Wildman–Crippen LogP) is 3.62. The number of fused-ring (bicyclic) bond motifs is 1. The van der Waals surface area contributed by atoms with Crippen LogP contribution in [0.15, 0.2) is 71.8 Å². The first kappa shape index (κ1) is 31.5. The van der Waals surface area contributed by atoms with Crippen molar-refractivity contribution in [3.63, 3.8) is 0 Å². The third-order valence-corrected chi connectivity index (χ3v) is 7.36. The number of esters is 2. The van der Waals surface area contributed by atoms with Crippen molar-refractivity contribution < 1.29 is 33.3 Å². The number of H-pyrrole nitrogens is 1. The van der Waals surface area contributed by atoms with E-state index < -0.39 is 41.9 Å². The standard InChI is InChI=1S/C32H35N5O8/c1-19(2)28(39)35-32-34-27-25(29(40)36-32)33-18-37(27)30-26(44-20(3)38)23(14-15-42-16-21-10-6-4-7-11-21)24(45-30)17-43-31(41)22-12-8-5-9-13-22/h4-13,18-19,23-24,26,30H,14-17H2,1-3H3,(H2,34,35,36,39,40)/t23-,24+,26?,30+/m0/s1. The van der Waals surface area contributed by atoms with Crippen LogP contribution in [0.2, 0.25) is 0 Å². The topological polar surface area (TPSA) is 164 Å². The van der Waals surface area contributed by atoms with Crippen LogP contribution in [0.1, 0.15) is 49.3 Å². The molecule has 1 aliphatic rings. The summed E-state index contributed by atoms with van der Waals surface area (Å²) in [6.45, 7) is 5.25. The number of carbonyl (C=O) groups is 3. The lowest BCUT2D eigenvalue weighted by atomic mass is 9.94. The number of anilines is 1. The number of aromatic amines is 1. The number of carbonyl (C=O) groups excluding carboxylic acids is 3. The van der Waals surface area contributed by atoms with Crippen LogP contribution in [0.5, 0.6) is 0 Å².